The van der Waals surface area contributed by atoms with Crippen molar-refractivity contribution in [1.29, 1.82) is 0 Å². The Balaban J connectivity index is 2.31. The summed E-state index contributed by atoms with van der Waals surface area (Å²) < 4.78 is 12.9. The van der Waals surface area contributed by atoms with Crippen LogP contribution in [0.15, 0.2) is 24.3 Å². The number of likely N-dealkylation sites (N-methyl/N-ethyl adjacent to an activating group) is 1. The lowest BCUT2D eigenvalue weighted by molar-refractivity contribution is 0.144. The van der Waals surface area contributed by atoms with Gasteiger partial charge in [0.05, 0.1) is 6.10 Å². The number of urea groups is 1. The molecule has 0 heterocycles. The Kier molecular flexibility index (Phi) is 5.58. The zero-order chi connectivity index (χ0) is 13.5. The molecule has 18 heavy (non-hydrogen) atoms. The lowest BCUT2D eigenvalue weighted by atomic mass is 10.1. The fourth-order valence-electron chi connectivity index (χ4n) is 1.62. The Hall–Kier alpha value is -1.62. The third-order valence-corrected chi connectivity index (χ3v) is 2.46. The third kappa shape index (κ3) is 5.14. The molecule has 1 aromatic rings. The number of aliphatic hydroxyl groups is 1. The largest absolute Gasteiger partial charge is 0.392 e. The summed E-state index contributed by atoms with van der Waals surface area (Å²) in [4.78, 5) is 13.0. The maximum Gasteiger partial charge on any atom is 0.317 e. The maximum absolute atomic E-state index is 12.9. The number of nitrogens with one attached hydrogen (secondary N) is 1. The molecule has 0 saturated carbocycles. The van der Waals surface area contributed by atoms with Crippen LogP contribution in [0.1, 0.15) is 12.5 Å². The zero-order valence-electron chi connectivity index (χ0n) is 10.7. The highest BCUT2D eigenvalue weighted by Gasteiger charge is 2.09. The van der Waals surface area contributed by atoms with Crippen LogP contribution in [-0.2, 0) is 6.42 Å². The first-order valence-corrected chi connectivity index (χ1v) is 5.90. The average molecular weight is 254 g/mol. The third-order valence-electron chi connectivity index (χ3n) is 2.46. The van der Waals surface area contributed by atoms with Gasteiger partial charge in [-0.15, -0.1) is 0 Å². The van der Waals surface area contributed by atoms with Gasteiger partial charge in [0.1, 0.15) is 5.82 Å². The van der Waals surface area contributed by atoms with E-state index >= 15 is 0 Å². The zero-order valence-corrected chi connectivity index (χ0v) is 10.7. The van der Waals surface area contributed by atoms with E-state index in [9.17, 15) is 9.18 Å². The number of carbonyl (C=O) groups excluding carboxylic acids is 1. The molecular weight excluding hydrogens is 235 g/mol. The maximum atomic E-state index is 12.9. The number of rotatable bonds is 5. The summed E-state index contributed by atoms with van der Waals surface area (Å²) in [5.74, 6) is -0.273. The van der Waals surface area contributed by atoms with Crippen molar-refractivity contribution >= 4 is 6.03 Å². The Morgan fingerprint density at radius 3 is 2.89 bits per heavy atom. The van der Waals surface area contributed by atoms with Crippen molar-refractivity contribution in [2.75, 3.05) is 20.1 Å². The molecule has 0 bridgehead atoms. The molecule has 0 aromatic heterocycles. The lowest BCUT2D eigenvalue weighted by Gasteiger charge is -2.19. The number of halogens is 1. The molecule has 100 valence electrons. The summed E-state index contributed by atoms with van der Waals surface area (Å²) in [5, 5.41) is 11.9. The van der Waals surface area contributed by atoms with Gasteiger partial charge < -0.3 is 15.3 Å². The molecule has 0 saturated heterocycles. The van der Waals surface area contributed by atoms with E-state index in [0.717, 1.165) is 5.56 Å². The van der Waals surface area contributed by atoms with Crippen LogP contribution in [0.4, 0.5) is 9.18 Å². The molecule has 2 amide bonds. The number of amides is 2. The molecule has 0 radical (unpaired) electrons. The van der Waals surface area contributed by atoms with Crippen LogP contribution in [0.2, 0.25) is 0 Å². The molecule has 2 N–H and O–H groups in total. The molecule has 0 aliphatic carbocycles. The first kappa shape index (κ1) is 14.4. The van der Waals surface area contributed by atoms with E-state index in [1.165, 1.54) is 17.0 Å². The Morgan fingerprint density at radius 1 is 1.56 bits per heavy atom. The van der Waals surface area contributed by atoms with E-state index in [2.05, 4.69) is 5.32 Å². The van der Waals surface area contributed by atoms with Crippen molar-refractivity contribution in [1.82, 2.24) is 10.2 Å². The second-order valence-corrected chi connectivity index (χ2v) is 4.34. The van der Waals surface area contributed by atoms with E-state index in [4.69, 9.17) is 5.11 Å². The minimum Gasteiger partial charge on any atom is -0.392 e. The molecular formula is C13H19FN2O2. The van der Waals surface area contributed by atoms with Crippen molar-refractivity contribution in [2.24, 2.45) is 0 Å². The normalized spacial score (nSPS) is 12.0. The Labute approximate surface area is 106 Å². The Morgan fingerprint density at radius 2 is 2.28 bits per heavy atom. The number of hydrogen-bond donors (Lipinski definition) is 2. The van der Waals surface area contributed by atoms with Gasteiger partial charge in [-0.05, 0) is 31.0 Å². The van der Waals surface area contributed by atoms with Crippen molar-refractivity contribution in [3.63, 3.8) is 0 Å². The molecule has 4 nitrogen and oxygen atoms in total. The highest BCUT2D eigenvalue weighted by molar-refractivity contribution is 5.73. The van der Waals surface area contributed by atoms with Crippen LogP contribution in [0.25, 0.3) is 0 Å². The first-order chi connectivity index (χ1) is 8.49. The SMILES string of the molecule is CC(O)CN(C)C(=O)NCCc1cccc(F)c1. The summed E-state index contributed by atoms with van der Waals surface area (Å²) >= 11 is 0. The second-order valence-electron chi connectivity index (χ2n) is 4.34. The molecule has 1 atom stereocenters. The molecule has 1 aromatic carbocycles. The van der Waals surface area contributed by atoms with Crippen LogP contribution < -0.4 is 5.32 Å². The van der Waals surface area contributed by atoms with Gasteiger partial charge >= 0.3 is 6.03 Å². The van der Waals surface area contributed by atoms with Gasteiger partial charge in [0.25, 0.3) is 0 Å². The summed E-state index contributed by atoms with van der Waals surface area (Å²) in [6, 6.07) is 6.05. The van der Waals surface area contributed by atoms with Gasteiger partial charge in [0.2, 0.25) is 0 Å². The van der Waals surface area contributed by atoms with Gasteiger partial charge in [-0.2, -0.15) is 0 Å². The average Bonchev–Trinajstić information content (AvgIpc) is 2.28. The predicted octanol–water partition coefficient (Wildman–Crippen LogP) is 1.39. The molecule has 5 heteroatoms. The Bertz CT molecular complexity index is 396. The summed E-state index contributed by atoms with van der Waals surface area (Å²) in [7, 11) is 1.62. The topological polar surface area (TPSA) is 52.6 Å². The minimum atomic E-state index is -0.552. The quantitative estimate of drug-likeness (QED) is 0.834. The molecule has 1 unspecified atom stereocenters. The number of carbonyl (C=O) groups is 1. The van der Waals surface area contributed by atoms with E-state index in [1.54, 1.807) is 20.0 Å². The first-order valence-electron chi connectivity index (χ1n) is 5.90. The van der Waals surface area contributed by atoms with Crippen molar-refractivity contribution in [3.05, 3.63) is 35.6 Å². The molecule has 1 rings (SSSR count). The van der Waals surface area contributed by atoms with Crippen LogP contribution in [0.3, 0.4) is 0 Å². The smallest absolute Gasteiger partial charge is 0.317 e. The van der Waals surface area contributed by atoms with E-state index in [1.807, 2.05) is 6.07 Å². The number of nitrogens with zero attached hydrogens (tertiary/aromatic N) is 1. The summed E-state index contributed by atoms with van der Waals surface area (Å²) in [6.45, 7) is 2.34. The van der Waals surface area contributed by atoms with Gasteiger partial charge in [-0.1, -0.05) is 12.1 Å². The van der Waals surface area contributed by atoms with Crippen LogP contribution in [-0.4, -0.2) is 42.3 Å². The number of aliphatic hydroxyl groups excluding tert-OH is 1. The fraction of sp³-hybridized carbons (Fsp3) is 0.462. The number of benzene rings is 1. The van der Waals surface area contributed by atoms with E-state index in [0.29, 0.717) is 13.0 Å². The summed E-state index contributed by atoms with van der Waals surface area (Å²) in [6.07, 6.45) is 0.0235. The van der Waals surface area contributed by atoms with Crippen LogP contribution >= 0.6 is 0 Å². The van der Waals surface area contributed by atoms with E-state index < -0.39 is 6.10 Å². The van der Waals surface area contributed by atoms with Crippen LogP contribution in [0, 0.1) is 5.82 Å². The predicted molar refractivity (Wildman–Crippen MR) is 67.8 cm³/mol. The minimum absolute atomic E-state index is 0.243. The number of hydrogen-bond acceptors (Lipinski definition) is 2. The highest BCUT2D eigenvalue weighted by Crippen LogP contribution is 2.03. The second kappa shape index (κ2) is 6.96. The van der Waals surface area contributed by atoms with E-state index in [-0.39, 0.29) is 18.4 Å². The van der Waals surface area contributed by atoms with Crippen molar-refractivity contribution in [2.45, 2.75) is 19.4 Å². The molecule has 0 aliphatic heterocycles. The standard InChI is InChI=1S/C13H19FN2O2/c1-10(17)9-16(2)13(18)15-7-6-11-4-3-5-12(14)8-11/h3-5,8,10,17H,6-7,9H2,1-2H3,(H,15,18). The fourth-order valence-corrected chi connectivity index (χ4v) is 1.62. The van der Waals surface area contributed by atoms with Crippen molar-refractivity contribution < 1.29 is 14.3 Å². The van der Waals surface area contributed by atoms with Crippen LogP contribution in [0.5, 0.6) is 0 Å². The highest BCUT2D eigenvalue weighted by atomic mass is 19.1. The monoisotopic (exact) mass is 254 g/mol. The summed E-state index contributed by atoms with van der Waals surface area (Å²) in [5.41, 5.74) is 0.841. The molecule has 0 spiro atoms. The van der Waals surface area contributed by atoms with Gasteiger partial charge in [-0.25, -0.2) is 9.18 Å². The molecule has 0 fully saturated rings. The molecule has 0 aliphatic rings. The van der Waals surface area contributed by atoms with Gasteiger partial charge in [-0.3, -0.25) is 0 Å². The van der Waals surface area contributed by atoms with Gasteiger partial charge in [0.15, 0.2) is 0 Å². The lowest BCUT2D eigenvalue weighted by Crippen LogP contribution is -2.41. The van der Waals surface area contributed by atoms with Crippen molar-refractivity contribution in [3.8, 4) is 0 Å². The van der Waals surface area contributed by atoms with Gasteiger partial charge in [0, 0.05) is 20.1 Å².